The summed E-state index contributed by atoms with van der Waals surface area (Å²) in [5.74, 6) is 0. The standard InChI is InChI=1S/C15H25NO2/c17-14-9-11-4-5-13(8-12(11)10-15(14)18)16-6-2-1-3-7-16/h13-15,17-18H,1-10H2/t13?,14-,15+/m1/s1. The molecule has 0 spiro atoms. The predicted octanol–water partition coefficient (Wildman–Crippen LogP) is 1.84. The molecule has 2 aliphatic carbocycles. The quantitative estimate of drug-likeness (QED) is 0.699. The van der Waals surface area contributed by atoms with E-state index in [4.69, 9.17) is 0 Å². The molecule has 3 rings (SSSR count). The monoisotopic (exact) mass is 251 g/mol. The lowest BCUT2D eigenvalue weighted by Gasteiger charge is -2.41. The van der Waals surface area contributed by atoms with Crippen LogP contribution in [0.25, 0.3) is 0 Å². The topological polar surface area (TPSA) is 43.7 Å². The average Bonchev–Trinajstić information content (AvgIpc) is 2.41. The molecule has 0 aromatic heterocycles. The van der Waals surface area contributed by atoms with Crippen LogP contribution in [0, 0.1) is 0 Å². The molecule has 0 aromatic carbocycles. The summed E-state index contributed by atoms with van der Waals surface area (Å²) in [6.45, 7) is 2.52. The van der Waals surface area contributed by atoms with Crippen molar-refractivity contribution in [1.82, 2.24) is 4.90 Å². The molecular weight excluding hydrogens is 226 g/mol. The van der Waals surface area contributed by atoms with Crippen molar-refractivity contribution in [1.29, 1.82) is 0 Å². The van der Waals surface area contributed by atoms with Crippen LogP contribution in [0.3, 0.4) is 0 Å². The fourth-order valence-corrected chi connectivity index (χ4v) is 3.89. The van der Waals surface area contributed by atoms with Crippen LogP contribution in [-0.2, 0) is 0 Å². The molecule has 18 heavy (non-hydrogen) atoms. The van der Waals surface area contributed by atoms with Crippen LogP contribution in [0.4, 0.5) is 0 Å². The van der Waals surface area contributed by atoms with E-state index in [0.29, 0.717) is 18.9 Å². The number of rotatable bonds is 1. The van der Waals surface area contributed by atoms with Gasteiger partial charge in [0.1, 0.15) is 0 Å². The Labute approximate surface area is 109 Å². The van der Waals surface area contributed by atoms with Crippen LogP contribution >= 0.6 is 0 Å². The number of hydrogen-bond donors (Lipinski definition) is 2. The molecule has 0 aromatic rings. The molecule has 0 amide bonds. The minimum Gasteiger partial charge on any atom is -0.390 e. The molecule has 1 saturated heterocycles. The number of likely N-dealkylation sites (tertiary alicyclic amines) is 1. The van der Waals surface area contributed by atoms with E-state index < -0.39 is 12.2 Å². The van der Waals surface area contributed by atoms with Gasteiger partial charge in [-0.2, -0.15) is 0 Å². The molecule has 1 aliphatic heterocycles. The first kappa shape index (κ1) is 12.6. The van der Waals surface area contributed by atoms with E-state index in [1.54, 1.807) is 0 Å². The minimum atomic E-state index is -0.524. The lowest BCUT2D eigenvalue weighted by atomic mass is 9.77. The van der Waals surface area contributed by atoms with Crippen LogP contribution in [0.5, 0.6) is 0 Å². The zero-order valence-electron chi connectivity index (χ0n) is 11.1. The Kier molecular flexibility index (Phi) is 3.73. The molecule has 3 aliphatic rings. The zero-order valence-corrected chi connectivity index (χ0v) is 11.1. The maximum atomic E-state index is 9.82. The van der Waals surface area contributed by atoms with E-state index in [1.165, 1.54) is 49.9 Å². The molecule has 1 heterocycles. The summed E-state index contributed by atoms with van der Waals surface area (Å²) >= 11 is 0. The van der Waals surface area contributed by atoms with Gasteiger partial charge in [0.25, 0.3) is 0 Å². The van der Waals surface area contributed by atoms with E-state index in [1.807, 2.05) is 0 Å². The van der Waals surface area contributed by atoms with Crippen molar-refractivity contribution in [3.05, 3.63) is 11.1 Å². The van der Waals surface area contributed by atoms with E-state index in [2.05, 4.69) is 4.90 Å². The molecule has 2 N–H and O–H groups in total. The maximum Gasteiger partial charge on any atom is 0.0839 e. The summed E-state index contributed by atoms with van der Waals surface area (Å²) in [4.78, 5) is 2.66. The molecule has 3 heteroatoms. The summed E-state index contributed by atoms with van der Waals surface area (Å²) in [6.07, 6.45) is 8.00. The fourth-order valence-electron chi connectivity index (χ4n) is 3.89. The fraction of sp³-hybridized carbons (Fsp3) is 0.867. The van der Waals surface area contributed by atoms with Gasteiger partial charge in [-0.3, -0.25) is 0 Å². The molecule has 3 nitrogen and oxygen atoms in total. The highest BCUT2D eigenvalue weighted by Crippen LogP contribution is 2.38. The predicted molar refractivity (Wildman–Crippen MR) is 71.3 cm³/mol. The Morgan fingerprint density at radius 3 is 2.22 bits per heavy atom. The van der Waals surface area contributed by atoms with Gasteiger partial charge in [-0.05, 0) is 58.0 Å². The van der Waals surface area contributed by atoms with E-state index in [9.17, 15) is 10.2 Å². The van der Waals surface area contributed by atoms with Crippen molar-refractivity contribution in [3.63, 3.8) is 0 Å². The van der Waals surface area contributed by atoms with Gasteiger partial charge in [-0.15, -0.1) is 0 Å². The highest BCUT2D eigenvalue weighted by atomic mass is 16.3. The van der Waals surface area contributed by atoms with E-state index in [0.717, 1.165) is 12.8 Å². The summed E-state index contributed by atoms with van der Waals surface area (Å²) < 4.78 is 0. The number of piperidine rings is 1. The highest BCUT2D eigenvalue weighted by Gasteiger charge is 2.33. The van der Waals surface area contributed by atoms with Crippen molar-refractivity contribution >= 4 is 0 Å². The number of aliphatic hydroxyl groups is 2. The first-order valence-electron chi connectivity index (χ1n) is 7.54. The van der Waals surface area contributed by atoms with Crippen molar-refractivity contribution in [2.45, 2.75) is 69.6 Å². The van der Waals surface area contributed by atoms with E-state index in [-0.39, 0.29) is 0 Å². The van der Waals surface area contributed by atoms with Crippen molar-refractivity contribution in [2.24, 2.45) is 0 Å². The first-order valence-corrected chi connectivity index (χ1v) is 7.54. The highest BCUT2D eigenvalue weighted by molar-refractivity contribution is 5.24. The van der Waals surface area contributed by atoms with Gasteiger partial charge >= 0.3 is 0 Å². The lowest BCUT2D eigenvalue weighted by Crippen LogP contribution is -2.42. The smallest absolute Gasteiger partial charge is 0.0839 e. The van der Waals surface area contributed by atoms with Crippen LogP contribution in [0.15, 0.2) is 11.1 Å². The lowest BCUT2D eigenvalue weighted by molar-refractivity contribution is 0.00975. The van der Waals surface area contributed by atoms with Crippen molar-refractivity contribution in [3.8, 4) is 0 Å². The zero-order chi connectivity index (χ0) is 12.5. The second kappa shape index (κ2) is 5.32. The van der Waals surface area contributed by atoms with Crippen molar-refractivity contribution in [2.75, 3.05) is 13.1 Å². The molecule has 0 bridgehead atoms. The Hall–Kier alpha value is -0.380. The first-order chi connectivity index (χ1) is 8.74. The SMILES string of the molecule is O[C@@H]1CC2=C(CC(N3CCCCC3)CC2)C[C@@H]1O. The molecule has 1 fully saturated rings. The van der Waals surface area contributed by atoms with Gasteiger partial charge in [0.05, 0.1) is 12.2 Å². The third-order valence-electron chi connectivity index (χ3n) is 5.02. The largest absolute Gasteiger partial charge is 0.390 e. The van der Waals surface area contributed by atoms with Crippen molar-refractivity contribution < 1.29 is 10.2 Å². The van der Waals surface area contributed by atoms with Gasteiger partial charge in [0, 0.05) is 6.04 Å². The number of aliphatic hydroxyl groups excluding tert-OH is 2. The van der Waals surface area contributed by atoms with Gasteiger partial charge in [0.15, 0.2) is 0 Å². The summed E-state index contributed by atoms with van der Waals surface area (Å²) in [7, 11) is 0. The second-order valence-corrected chi connectivity index (χ2v) is 6.24. The minimum absolute atomic E-state index is 0.518. The third-order valence-corrected chi connectivity index (χ3v) is 5.02. The molecule has 102 valence electrons. The Morgan fingerprint density at radius 2 is 1.50 bits per heavy atom. The average molecular weight is 251 g/mol. The van der Waals surface area contributed by atoms with Gasteiger partial charge < -0.3 is 15.1 Å². The number of hydrogen-bond acceptors (Lipinski definition) is 3. The van der Waals surface area contributed by atoms with Gasteiger partial charge in [-0.1, -0.05) is 17.6 Å². The Bertz CT molecular complexity index is 333. The van der Waals surface area contributed by atoms with Crippen LogP contribution in [0.2, 0.25) is 0 Å². The Morgan fingerprint density at radius 1 is 0.833 bits per heavy atom. The maximum absolute atomic E-state index is 9.82. The summed E-state index contributed by atoms with van der Waals surface area (Å²) in [5.41, 5.74) is 2.90. The van der Waals surface area contributed by atoms with Gasteiger partial charge in [-0.25, -0.2) is 0 Å². The molecule has 0 saturated carbocycles. The van der Waals surface area contributed by atoms with Gasteiger partial charge in [0.2, 0.25) is 0 Å². The van der Waals surface area contributed by atoms with Crippen LogP contribution in [-0.4, -0.2) is 46.5 Å². The summed E-state index contributed by atoms with van der Waals surface area (Å²) in [6, 6.07) is 0.700. The third kappa shape index (κ3) is 2.49. The molecule has 1 unspecified atom stereocenters. The summed E-state index contributed by atoms with van der Waals surface area (Å²) in [5, 5.41) is 19.6. The number of nitrogens with zero attached hydrogens (tertiary/aromatic N) is 1. The Balaban J connectivity index is 1.66. The van der Waals surface area contributed by atoms with E-state index >= 15 is 0 Å². The molecule has 0 radical (unpaired) electrons. The van der Waals surface area contributed by atoms with Crippen LogP contribution < -0.4 is 0 Å². The second-order valence-electron chi connectivity index (χ2n) is 6.24. The normalized spacial score (nSPS) is 38.7. The molecule has 3 atom stereocenters. The molecular formula is C15H25NO2. The van der Waals surface area contributed by atoms with Crippen LogP contribution in [0.1, 0.15) is 51.4 Å².